The minimum atomic E-state index is -0.540. The lowest BCUT2D eigenvalue weighted by atomic mass is 10.1. The molecule has 0 aromatic carbocycles. The Morgan fingerprint density at radius 2 is 1.79 bits per heavy atom. The Hall–Kier alpha value is -2.96. The number of aryl methyl sites for hydroxylation is 1. The summed E-state index contributed by atoms with van der Waals surface area (Å²) in [6, 6.07) is 3.67. The summed E-state index contributed by atoms with van der Waals surface area (Å²) in [4.78, 5) is 30.1. The Kier molecular flexibility index (Phi) is 5.59. The highest BCUT2D eigenvalue weighted by Crippen LogP contribution is 2.25. The Bertz CT molecular complexity index is 1090. The number of Topliss-reactive ketones (excluding diaryl/α,β-unsaturated/α-hetero) is 1. The standard InChI is InChI=1S/C22H28N4O3/c1-12(2)19-9-17(18-10-23-26(13(3)4)21(18)24-19)22(28)29-11-20(27)16-8-14(5)25(7)15(16)6/h8-10,12-13H,11H2,1-7H3. The lowest BCUT2D eigenvalue weighted by Crippen LogP contribution is -2.16. The number of rotatable bonds is 6. The van der Waals surface area contributed by atoms with Crippen molar-refractivity contribution in [2.45, 2.75) is 53.5 Å². The highest BCUT2D eigenvalue weighted by Gasteiger charge is 2.22. The number of ether oxygens (including phenoxy) is 1. The second-order valence-corrected chi connectivity index (χ2v) is 8.01. The highest BCUT2D eigenvalue weighted by molar-refractivity contribution is 6.05. The third kappa shape index (κ3) is 3.81. The number of ketones is 1. The predicted molar refractivity (Wildman–Crippen MR) is 112 cm³/mol. The molecule has 0 radical (unpaired) electrons. The SMILES string of the molecule is Cc1cc(C(=O)COC(=O)c2cc(C(C)C)nc3c2cnn3C(C)C)c(C)n1C. The molecule has 0 atom stereocenters. The Morgan fingerprint density at radius 1 is 1.10 bits per heavy atom. The summed E-state index contributed by atoms with van der Waals surface area (Å²) in [5.41, 5.74) is 4.24. The molecular formula is C22H28N4O3. The quantitative estimate of drug-likeness (QED) is 0.462. The number of esters is 1. The van der Waals surface area contributed by atoms with Crippen LogP contribution >= 0.6 is 0 Å². The van der Waals surface area contributed by atoms with Crippen LogP contribution in [0.1, 0.15) is 77.5 Å². The normalized spacial score (nSPS) is 11.6. The minimum absolute atomic E-state index is 0.108. The van der Waals surface area contributed by atoms with Gasteiger partial charge in [-0.15, -0.1) is 0 Å². The van der Waals surface area contributed by atoms with E-state index in [-0.39, 0.29) is 24.3 Å². The zero-order chi connectivity index (χ0) is 21.5. The monoisotopic (exact) mass is 396 g/mol. The first-order valence-electron chi connectivity index (χ1n) is 9.83. The van der Waals surface area contributed by atoms with Crippen LogP contribution in [0.5, 0.6) is 0 Å². The lowest BCUT2D eigenvalue weighted by molar-refractivity contribution is 0.0476. The second kappa shape index (κ2) is 7.81. The van der Waals surface area contributed by atoms with Gasteiger partial charge < -0.3 is 9.30 Å². The van der Waals surface area contributed by atoms with Crippen LogP contribution in [0, 0.1) is 13.8 Å². The molecule has 0 amide bonds. The highest BCUT2D eigenvalue weighted by atomic mass is 16.5. The van der Waals surface area contributed by atoms with E-state index in [1.54, 1.807) is 16.9 Å². The maximum atomic E-state index is 12.9. The van der Waals surface area contributed by atoms with Gasteiger partial charge in [0.15, 0.2) is 12.3 Å². The van der Waals surface area contributed by atoms with Gasteiger partial charge in [0.2, 0.25) is 5.78 Å². The fraction of sp³-hybridized carbons (Fsp3) is 0.455. The van der Waals surface area contributed by atoms with E-state index in [0.717, 1.165) is 17.1 Å². The first-order valence-corrected chi connectivity index (χ1v) is 9.83. The van der Waals surface area contributed by atoms with Crippen molar-refractivity contribution in [3.8, 4) is 0 Å². The molecule has 3 aromatic rings. The molecule has 7 nitrogen and oxygen atoms in total. The summed E-state index contributed by atoms with van der Waals surface area (Å²) >= 11 is 0. The molecule has 0 unspecified atom stereocenters. The van der Waals surface area contributed by atoms with Gasteiger partial charge in [0.05, 0.1) is 17.1 Å². The van der Waals surface area contributed by atoms with E-state index in [1.807, 2.05) is 59.2 Å². The molecular weight excluding hydrogens is 368 g/mol. The molecule has 0 aliphatic heterocycles. The molecule has 7 heteroatoms. The van der Waals surface area contributed by atoms with E-state index in [1.165, 1.54) is 0 Å². The van der Waals surface area contributed by atoms with Gasteiger partial charge in [-0.1, -0.05) is 13.8 Å². The van der Waals surface area contributed by atoms with Gasteiger partial charge >= 0.3 is 5.97 Å². The summed E-state index contributed by atoms with van der Waals surface area (Å²) < 4.78 is 9.13. The van der Waals surface area contributed by atoms with E-state index in [4.69, 9.17) is 4.74 Å². The van der Waals surface area contributed by atoms with Crippen molar-refractivity contribution in [3.05, 3.63) is 46.5 Å². The van der Waals surface area contributed by atoms with E-state index in [9.17, 15) is 9.59 Å². The van der Waals surface area contributed by atoms with Gasteiger partial charge in [-0.3, -0.25) is 4.79 Å². The molecule has 0 bridgehead atoms. The molecule has 0 saturated heterocycles. The Balaban J connectivity index is 1.90. The van der Waals surface area contributed by atoms with Crippen LogP contribution in [0.25, 0.3) is 11.0 Å². The summed E-state index contributed by atoms with van der Waals surface area (Å²) in [6.45, 7) is 11.6. The number of hydrogen-bond acceptors (Lipinski definition) is 5. The number of nitrogens with zero attached hydrogens (tertiary/aromatic N) is 4. The van der Waals surface area contributed by atoms with Crippen LogP contribution in [0.2, 0.25) is 0 Å². The first kappa shape index (κ1) is 20.8. The van der Waals surface area contributed by atoms with Crippen molar-refractivity contribution in [2.75, 3.05) is 6.61 Å². The van der Waals surface area contributed by atoms with Crippen molar-refractivity contribution in [1.29, 1.82) is 0 Å². The van der Waals surface area contributed by atoms with Gasteiger partial charge in [0.25, 0.3) is 0 Å². The van der Waals surface area contributed by atoms with Crippen molar-refractivity contribution in [1.82, 2.24) is 19.3 Å². The summed E-state index contributed by atoms with van der Waals surface area (Å²) in [5, 5.41) is 5.01. The second-order valence-electron chi connectivity index (χ2n) is 8.01. The van der Waals surface area contributed by atoms with E-state index in [2.05, 4.69) is 10.1 Å². The lowest BCUT2D eigenvalue weighted by Gasteiger charge is -2.12. The molecule has 3 aromatic heterocycles. The van der Waals surface area contributed by atoms with E-state index < -0.39 is 5.97 Å². The molecule has 0 spiro atoms. The molecule has 0 aliphatic carbocycles. The fourth-order valence-corrected chi connectivity index (χ4v) is 3.30. The van der Waals surface area contributed by atoms with Crippen molar-refractivity contribution in [3.63, 3.8) is 0 Å². The molecule has 154 valence electrons. The Morgan fingerprint density at radius 3 is 2.34 bits per heavy atom. The van der Waals surface area contributed by atoms with Crippen LogP contribution in [0.4, 0.5) is 0 Å². The molecule has 3 heterocycles. The average Bonchev–Trinajstić information content (AvgIpc) is 3.21. The van der Waals surface area contributed by atoms with Crippen LogP contribution in [0.15, 0.2) is 18.3 Å². The number of fused-ring (bicyclic) bond motifs is 1. The van der Waals surface area contributed by atoms with Crippen LogP contribution in [0.3, 0.4) is 0 Å². The zero-order valence-electron chi connectivity index (χ0n) is 18.1. The molecule has 0 aliphatic rings. The van der Waals surface area contributed by atoms with E-state index >= 15 is 0 Å². The summed E-state index contributed by atoms with van der Waals surface area (Å²) in [7, 11) is 1.90. The van der Waals surface area contributed by atoms with Crippen molar-refractivity contribution < 1.29 is 14.3 Å². The number of pyridine rings is 1. The van der Waals surface area contributed by atoms with Gasteiger partial charge in [-0.2, -0.15) is 5.10 Å². The number of carbonyl (C=O) groups excluding carboxylic acids is 2. The largest absolute Gasteiger partial charge is 0.454 e. The number of aromatic nitrogens is 4. The third-order valence-electron chi connectivity index (χ3n) is 5.30. The van der Waals surface area contributed by atoms with Gasteiger partial charge in [-0.05, 0) is 45.7 Å². The van der Waals surface area contributed by atoms with Crippen molar-refractivity contribution >= 4 is 22.8 Å². The van der Waals surface area contributed by atoms with Crippen LogP contribution in [-0.4, -0.2) is 37.7 Å². The fourth-order valence-electron chi connectivity index (χ4n) is 3.30. The number of hydrogen-bond donors (Lipinski definition) is 0. The van der Waals surface area contributed by atoms with Gasteiger partial charge in [0, 0.05) is 35.7 Å². The van der Waals surface area contributed by atoms with Crippen LogP contribution in [-0.2, 0) is 11.8 Å². The number of carbonyl (C=O) groups is 2. The Labute approximate surface area is 170 Å². The third-order valence-corrected chi connectivity index (χ3v) is 5.30. The zero-order valence-corrected chi connectivity index (χ0v) is 18.1. The topological polar surface area (TPSA) is 79.0 Å². The minimum Gasteiger partial charge on any atom is -0.454 e. The van der Waals surface area contributed by atoms with Gasteiger partial charge in [0.1, 0.15) is 0 Å². The maximum Gasteiger partial charge on any atom is 0.339 e. The molecule has 29 heavy (non-hydrogen) atoms. The first-order chi connectivity index (χ1) is 13.6. The van der Waals surface area contributed by atoms with Crippen molar-refractivity contribution in [2.24, 2.45) is 7.05 Å². The smallest absolute Gasteiger partial charge is 0.339 e. The summed E-state index contributed by atoms with van der Waals surface area (Å²) in [6.07, 6.45) is 1.63. The summed E-state index contributed by atoms with van der Waals surface area (Å²) in [5.74, 6) is -0.619. The molecule has 0 fully saturated rings. The average molecular weight is 396 g/mol. The van der Waals surface area contributed by atoms with E-state index in [0.29, 0.717) is 22.2 Å². The molecule has 3 rings (SSSR count). The predicted octanol–water partition coefficient (Wildman–Crippen LogP) is 4.13. The molecule has 0 N–H and O–H groups in total. The van der Waals surface area contributed by atoms with Gasteiger partial charge in [-0.25, -0.2) is 14.5 Å². The molecule has 0 saturated carbocycles. The maximum absolute atomic E-state index is 12.9. The van der Waals surface area contributed by atoms with Crippen LogP contribution < -0.4 is 0 Å².